The predicted octanol–water partition coefficient (Wildman–Crippen LogP) is -1.44. The molecule has 1 heterocycles. The van der Waals surface area contributed by atoms with Crippen molar-refractivity contribution < 1.29 is 34.0 Å². The Balaban J connectivity index is 2.76. The van der Waals surface area contributed by atoms with Crippen molar-refractivity contribution in [3.05, 3.63) is 0 Å². The van der Waals surface area contributed by atoms with Gasteiger partial charge in [-0.3, -0.25) is 9.59 Å². The molecule has 7 heteroatoms. The fourth-order valence-corrected chi connectivity index (χ4v) is 1.42. The number of aliphatic hydroxyl groups excluding tert-OH is 2. The Morgan fingerprint density at radius 2 is 1.62 bits per heavy atom. The number of carbonyl (C=O) groups excluding carboxylic acids is 2. The van der Waals surface area contributed by atoms with Crippen LogP contribution in [0.15, 0.2) is 0 Å². The van der Waals surface area contributed by atoms with Crippen LogP contribution in [0.4, 0.5) is 0 Å². The van der Waals surface area contributed by atoms with Crippen LogP contribution in [0.2, 0.25) is 0 Å². The van der Waals surface area contributed by atoms with E-state index in [0.29, 0.717) is 0 Å². The fraction of sp³-hybridized carbons (Fsp3) is 0.778. The van der Waals surface area contributed by atoms with Gasteiger partial charge in [0.25, 0.3) is 0 Å². The van der Waals surface area contributed by atoms with Crippen molar-refractivity contribution in [2.75, 3.05) is 6.61 Å². The van der Waals surface area contributed by atoms with Gasteiger partial charge < -0.3 is 24.4 Å². The Morgan fingerprint density at radius 1 is 1.12 bits per heavy atom. The van der Waals surface area contributed by atoms with Gasteiger partial charge in [-0.05, 0) is 0 Å². The summed E-state index contributed by atoms with van der Waals surface area (Å²) < 4.78 is 14.3. The Bertz CT molecular complexity index is 249. The third-order valence-corrected chi connectivity index (χ3v) is 2.03. The molecule has 0 spiro atoms. The van der Waals surface area contributed by atoms with Gasteiger partial charge in [-0.2, -0.15) is 0 Å². The summed E-state index contributed by atoms with van der Waals surface area (Å²) in [5.41, 5.74) is 0. The molecule has 7 nitrogen and oxygen atoms in total. The normalized spacial score (nSPS) is 34.2. The summed E-state index contributed by atoms with van der Waals surface area (Å²) >= 11 is 0. The molecule has 4 atom stereocenters. The highest BCUT2D eigenvalue weighted by molar-refractivity contribution is 5.67. The van der Waals surface area contributed by atoms with E-state index in [1.54, 1.807) is 0 Å². The molecule has 92 valence electrons. The molecule has 0 aromatic rings. The summed E-state index contributed by atoms with van der Waals surface area (Å²) in [5.74, 6) is -1.31. The van der Waals surface area contributed by atoms with Crippen LogP contribution in [-0.4, -0.2) is 53.4 Å². The van der Waals surface area contributed by atoms with E-state index in [2.05, 4.69) is 0 Å². The third kappa shape index (κ3) is 3.16. The maximum atomic E-state index is 10.8. The highest BCUT2D eigenvalue weighted by Gasteiger charge is 2.43. The highest BCUT2D eigenvalue weighted by atomic mass is 16.7. The molecule has 1 fully saturated rings. The SMILES string of the molecule is CC(=O)OC1C(O)COC(O)C1OC(C)=O. The monoisotopic (exact) mass is 234 g/mol. The molecular weight excluding hydrogens is 220 g/mol. The number of carbonyl (C=O) groups is 2. The molecule has 0 amide bonds. The van der Waals surface area contributed by atoms with Gasteiger partial charge in [0.1, 0.15) is 6.10 Å². The molecule has 2 N–H and O–H groups in total. The number of hydrogen-bond donors (Lipinski definition) is 2. The largest absolute Gasteiger partial charge is 0.455 e. The Hall–Kier alpha value is -1.18. The van der Waals surface area contributed by atoms with Gasteiger partial charge in [0.2, 0.25) is 0 Å². The van der Waals surface area contributed by atoms with Gasteiger partial charge in [0.15, 0.2) is 18.5 Å². The quantitative estimate of drug-likeness (QED) is 0.564. The number of hydrogen-bond acceptors (Lipinski definition) is 7. The summed E-state index contributed by atoms with van der Waals surface area (Å²) in [5, 5.41) is 18.9. The van der Waals surface area contributed by atoms with Crippen molar-refractivity contribution in [2.24, 2.45) is 0 Å². The number of esters is 2. The number of ether oxygens (including phenoxy) is 3. The summed E-state index contributed by atoms with van der Waals surface area (Å²) in [7, 11) is 0. The second-order valence-corrected chi connectivity index (χ2v) is 3.44. The van der Waals surface area contributed by atoms with E-state index < -0.39 is 36.5 Å². The summed E-state index contributed by atoms with van der Waals surface area (Å²) in [6.07, 6.45) is -4.90. The van der Waals surface area contributed by atoms with Crippen LogP contribution in [0, 0.1) is 0 Å². The van der Waals surface area contributed by atoms with Crippen molar-refractivity contribution in [3.8, 4) is 0 Å². The predicted molar refractivity (Wildman–Crippen MR) is 49.1 cm³/mol. The van der Waals surface area contributed by atoms with E-state index in [9.17, 15) is 19.8 Å². The molecule has 4 unspecified atom stereocenters. The summed E-state index contributed by atoms with van der Waals surface area (Å²) in [6, 6.07) is 0. The van der Waals surface area contributed by atoms with Crippen LogP contribution >= 0.6 is 0 Å². The molecule has 1 aliphatic heterocycles. The van der Waals surface area contributed by atoms with Gasteiger partial charge in [-0.25, -0.2) is 0 Å². The van der Waals surface area contributed by atoms with Crippen molar-refractivity contribution in [3.63, 3.8) is 0 Å². The van der Waals surface area contributed by atoms with E-state index in [1.165, 1.54) is 0 Å². The van der Waals surface area contributed by atoms with Gasteiger partial charge in [-0.15, -0.1) is 0 Å². The van der Waals surface area contributed by atoms with Gasteiger partial charge in [-0.1, -0.05) is 0 Å². The minimum atomic E-state index is -1.42. The molecule has 1 rings (SSSR count). The zero-order chi connectivity index (χ0) is 12.3. The maximum Gasteiger partial charge on any atom is 0.303 e. The molecule has 0 bridgehead atoms. The topological polar surface area (TPSA) is 102 Å². The molecule has 1 aliphatic rings. The lowest BCUT2D eigenvalue weighted by Gasteiger charge is -2.36. The summed E-state index contributed by atoms with van der Waals surface area (Å²) in [4.78, 5) is 21.6. The zero-order valence-electron chi connectivity index (χ0n) is 8.95. The lowest BCUT2D eigenvalue weighted by Crippen LogP contribution is -2.56. The molecular formula is C9H14O7. The average Bonchev–Trinajstić information content (AvgIpc) is 2.16. The van der Waals surface area contributed by atoms with Crippen LogP contribution in [-0.2, 0) is 23.8 Å². The van der Waals surface area contributed by atoms with Crippen LogP contribution < -0.4 is 0 Å². The van der Waals surface area contributed by atoms with E-state index in [4.69, 9.17) is 14.2 Å². The number of rotatable bonds is 2. The maximum absolute atomic E-state index is 10.8. The first-order chi connectivity index (χ1) is 7.41. The Morgan fingerprint density at radius 3 is 2.12 bits per heavy atom. The average molecular weight is 234 g/mol. The zero-order valence-corrected chi connectivity index (χ0v) is 8.95. The third-order valence-electron chi connectivity index (χ3n) is 2.03. The molecule has 0 saturated carbocycles. The first-order valence-electron chi connectivity index (χ1n) is 4.74. The molecule has 0 aromatic carbocycles. The van der Waals surface area contributed by atoms with Crippen molar-refractivity contribution in [1.82, 2.24) is 0 Å². The summed E-state index contributed by atoms with van der Waals surface area (Å²) in [6.45, 7) is 2.09. The Labute approximate surface area is 91.9 Å². The van der Waals surface area contributed by atoms with Crippen LogP contribution in [0.3, 0.4) is 0 Å². The van der Waals surface area contributed by atoms with Gasteiger partial charge in [0.05, 0.1) is 6.61 Å². The fourth-order valence-electron chi connectivity index (χ4n) is 1.42. The van der Waals surface area contributed by atoms with E-state index in [1.807, 2.05) is 0 Å². The lowest BCUT2D eigenvalue weighted by atomic mass is 10.1. The molecule has 0 aromatic heterocycles. The molecule has 0 radical (unpaired) electrons. The van der Waals surface area contributed by atoms with Crippen LogP contribution in [0.1, 0.15) is 13.8 Å². The smallest absolute Gasteiger partial charge is 0.303 e. The first kappa shape index (κ1) is 12.9. The highest BCUT2D eigenvalue weighted by Crippen LogP contribution is 2.20. The van der Waals surface area contributed by atoms with Gasteiger partial charge >= 0.3 is 11.9 Å². The van der Waals surface area contributed by atoms with Crippen LogP contribution in [0.5, 0.6) is 0 Å². The first-order valence-corrected chi connectivity index (χ1v) is 4.74. The molecule has 0 aliphatic carbocycles. The standard InChI is InChI=1S/C9H14O7/c1-4(10)15-7-6(12)3-14-9(13)8(7)16-5(2)11/h6-9,12-13H,3H2,1-2H3. The second-order valence-electron chi connectivity index (χ2n) is 3.44. The minimum Gasteiger partial charge on any atom is -0.455 e. The molecule has 1 saturated heterocycles. The lowest BCUT2D eigenvalue weighted by molar-refractivity contribution is -0.264. The Kier molecular flexibility index (Phi) is 4.22. The van der Waals surface area contributed by atoms with Crippen molar-refractivity contribution in [2.45, 2.75) is 38.4 Å². The van der Waals surface area contributed by atoms with Gasteiger partial charge in [0, 0.05) is 13.8 Å². The van der Waals surface area contributed by atoms with E-state index >= 15 is 0 Å². The van der Waals surface area contributed by atoms with E-state index in [-0.39, 0.29) is 6.61 Å². The molecule has 16 heavy (non-hydrogen) atoms. The minimum absolute atomic E-state index is 0.198. The van der Waals surface area contributed by atoms with Crippen LogP contribution in [0.25, 0.3) is 0 Å². The van der Waals surface area contributed by atoms with E-state index in [0.717, 1.165) is 13.8 Å². The second kappa shape index (κ2) is 5.24. The van der Waals surface area contributed by atoms with Crippen molar-refractivity contribution in [1.29, 1.82) is 0 Å². The number of aliphatic hydroxyl groups is 2. The van der Waals surface area contributed by atoms with Crippen molar-refractivity contribution >= 4 is 11.9 Å².